The first-order chi connectivity index (χ1) is 11.6. The fraction of sp³-hybridized carbons (Fsp3) is 0.556. The maximum atomic E-state index is 12.5. The highest BCUT2D eigenvalue weighted by Crippen LogP contribution is 2.10. The van der Waals surface area contributed by atoms with Crippen LogP contribution >= 0.6 is 0 Å². The van der Waals surface area contributed by atoms with Crippen molar-refractivity contribution in [1.82, 2.24) is 10.6 Å². The van der Waals surface area contributed by atoms with Gasteiger partial charge in [0.1, 0.15) is 0 Å². The van der Waals surface area contributed by atoms with E-state index in [1.165, 1.54) is 0 Å². The molecule has 0 radical (unpaired) electrons. The van der Waals surface area contributed by atoms with E-state index in [1.54, 1.807) is 38.5 Å². The van der Waals surface area contributed by atoms with Gasteiger partial charge < -0.3 is 20.1 Å². The van der Waals surface area contributed by atoms with Crippen molar-refractivity contribution in [2.24, 2.45) is 0 Å². The van der Waals surface area contributed by atoms with Crippen LogP contribution in [0.5, 0.6) is 0 Å². The molecule has 0 heterocycles. The molecule has 6 heteroatoms. The fourth-order valence-electron chi connectivity index (χ4n) is 2.33. The van der Waals surface area contributed by atoms with Crippen LogP contribution in [0.4, 0.5) is 0 Å². The Balaban J connectivity index is 2.90. The molecule has 0 aromatic heterocycles. The van der Waals surface area contributed by atoms with E-state index in [4.69, 9.17) is 9.47 Å². The van der Waals surface area contributed by atoms with Gasteiger partial charge in [-0.2, -0.15) is 0 Å². The van der Waals surface area contributed by atoms with Crippen LogP contribution < -0.4 is 10.6 Å². The molecule has 1 aromatic rings. The number of hydrogen-bond donors (Lipinski definition) is 2. The van der Waals surface area contributed by atoms with Crippen molar-refractivity contribution in [2.75, 3.05) is 27.4 Å². The second-order valence-electron chi connectivity index (χ2n) is 5.61. The lowest BCUT2D eigenvalue weighted by Crippen LogP contribution is -2.40. The Bertz CT molecular complexity index is 487. The number of methoxy groups -OCH3 is 2. The molecule has 0 aliphatic carbocycles. The highest BCUT2D eigenvalue weighted by Gasteiger charge is 2.20. The minimum absolute atomic E-state index is 0.0875. The Hall–Kier alpha value is -1.92. The lowest BCUT2D eigenvalue weighted by molar-refractivity contribution is 0.0861. The van der Waals surface area contributed by atoms with Crippen molar-refractivity contribution in [3.63, 3.8) is 0 Å². The van der Waals surface area contributed by atoms with Gasteiger partial charge in [-0.1, -0.05) is 26.0 Å². The summed E-state index contributed by atoms with van der Waals surface area (Å²) < 4.78 is 10.2. The number of hydrogen-bond acceptors (Lipinski definition) is 4. The van der Waals surface area contributed by atoms with Gasteiger partial charge in [0.2, 0.25) is 0 Å². The van der Waals surface area contributed by atoms with Gasteiger partial charge in [-0.25, -0.2) is 0 Å². The van der Waals surface area contributed by atoms with Crippen LogP contribution in [0.15, 0.2) is 24.3 Å². The molecule has 0 saturated heterocycles. The molecule has 1 rings (SSSR count). The number of ether oxygens (including phenoxy) is 2. The molecule has 0 spiro atoms. The summed E-state index contributed by atoms with van der Waals surface area (Å²) in [4.78, 5) is 25.0. The molecular weight excluding hydrogens is 308 g/mol. The first kappa shape index (κ1) is 20.1. The molecular formula is C18H28N2O4. The molecule has 0 aliphatic rings. The first-order valence-electron chi connectivity index (χ1n) is 8.25. The quantitative estimate of drug-likeness (QED) is 0.685. The number of amides is 2. The molecule has 0 fully saturated rings. The molecule has 2 atom stereocenters. The second-order valence-corrected chi connectivity index (χ2v) is 5.61. The Morgan fingerprint density at radius 1 is 0.875 bits per heavy atom. The van der Waals surface area contributed by atoms with Crippen LogP contribution in [-0.2, 0) is 9.47 Å². The van der Waals surface area contributed by atoms with Crippen LogP contribution in [0.2, 0.25) is 0 Å². The van der Waals surface area contributed by atoms with E-state index in [0.717, 1.165) is 12.8 Å². The average Bonchev–Trinajstić information content (AvgIpc) is 2.60. The van der Waals surface area contributed by atoms with Crippen molar-refractivity contribution in [3.8, 4) is 0 Å². The van der Waals surface area contributed by atoms with Gasteiger partial charge in [0.15, 0.2) is 0 Å². The second kappa shape index (κ2) is 10.8. The van der Waals surface area contributed by atoms with Gasteiger partial charge in [-0.05, 0) is 25.0 Å². The van der Waals surface area contributed by atoms with E-state index in [-0.39, 0.29) is 23.9 Å². The van der Waals surface area contributed by atoms with Crippen molar-refractivity contribution < 1.29 is 19.1 Å². The van der Waals surface area contributed by atoms with Gasteiger partial charge in [0.25, 0.3) is 11.8 Å². The van der Waals surface area contributed by atoms with Crippen LogP contribution in [0, 0.1) is 0 Å². The Labute approximate surface area is 143 Å². The zero-order valence-corrected chi connectivity index (χ0v) is 14.9. The molecule has 2 unspecified atom stereocenters. The van der Waals surface area contributed by atoms with E-state index in [1.807, 2.05) is 13.8 Å². The molecule has 2 N–H and O–H groups in total. The number of nitrogens with one attached hydrogen (secondary N) is 2. The number of rotatable bonds is 10. The smallest absolute Gasteiger partial charge is 0.252 e. The Kier molecular flexibility index (Phi) is 9.04. The third kappa shape index (κ3) is 5.94. The zero-order chi connectivity index (χ0) is 17.9. The fourth-order valence-corrected chi connectivity index (χ4v) is 2.33. The normalized spacial score (nSPS) is 13.2. The minimum atomic E-state index is -0.274. The topological polar surface area (TPSA) is 76.7 Å². The summed E-state index contributed by atoms with van der Waals surface area (Å²) in [5.74, 6) is -0.547. The third-order valence-corrected chi connectivity index (χ3v) is 3.81. The standard InChI is InChI=1S/C18H28N2O4/c1-5-13(11-23-3)19-17(21)15-9-7-8-10-16(15)18(22)20-14(6-2)12-24-4/h7-10,13-14H,5-6,11-12H2,1-4H3,(H,19,21)(H,20,22). The number of carbonyl (C=O) groups excluding carboxylic acids is 2. The molecule has 134 valence electrons. The molecule has 1 aromatic carbocycles. The van der Waals surface area contributed by atoms with E-state index in [9.17, 15) is 9.59 Å². The summed E-state index contributed by atoms with van der Waals surface area (Å²) in [6, 6.07) is 6.62. The summed E-state index contributed by atoms with van der Waals surface area (Å²) in [6.07, 6.45) is 1.50. The Morgan fingerprint density at radius 3 is 1.54 bits per heavy atom. The molecule has 24 heavy (non-hydrogen) atoms. The average molecular weight is 336 g/mol. The van der Waals surface area contributed by atoms with Crippen molar-refractivity contribution in [1.29, 1.82) is 0 Å². The molecule has 2 amide bonds. The lowest BCUT2D eigenvalue weighted by atomic mass is 10.0. The SMILES string of the molecule is CCC(COC)NC(=O)c1ccccc1C(=O)NC(CC)COC. The van der Waals surface area contributed by atoms with Gasteiger partial charge >= 0.3 is 0 Å². The lowest BCUT2D eigenvalue weighted by Gasteiger charge is -2.19. The zero-order valence-electron chi connectivity index (χ0n) is 14.9. The van der Waals surface area contributed by atoms with Gasteiger partial charge in [0.05, 0.1) is 36.4 Å². The van der Waals surface area contributed by atoms with Crippen molar-refractivity contribution >= 4 is 11.8 Å². The highest BCUT2D eigenvalue weighted by molar-refractivity contribution is 6.07. The molecule has 0 saturated carbocycles. The summed E-state index contributed by atoms with van der Waals surface area (Å²) >= 11 is 0. The van der Waals surface area contributed by atoms with Gasteiger partial charge in [0, 0.05) is 14.2 Å². The molecule has 0 bridgehead atoms. The van der Waals surface area contributed by atoms with E-state index < -0.39 is 0 Å². The van der Waals surface area contributed by atoms with Crippen molar-refractivity contribution in [2.45, 2.75) is 38.8 Å². The summed E-state index contributed by atoms with van der Waals surface area (Å²) in [5, 5.41) is 5.81. The van der Waals surface area contributed by atoms with E-state index in [2.05, 4.69) is 10.6 Å². The minimum Gasteiger partial charge on any atom is -0.383 e. The van der Waals surface area contributed by atoms with Crippen LogP contribution in [0.1, 0.15) is 47.4 Å². The predicted octanol–water partition coefficient (Wildman–Crippen LogP) is 2.00. The summed E-state index contributed by atoms with van der Waals surface area (Å²) in [7, 11) is 3.19. The maximum Gasteiger partial charge on any atom is 0.252 e. The van der Waals surface area contributed by atoms with Gasteiger partial charge in [-0.15, -0.1) is 0 Å². The monoisotopic (exact) mass is 336 g/mol. The van der Waals surface area contributed by atoms with E-state index in [0.29, 0.717) is 24.3 Å². The highest BCUT2D eigenvalue weighted by atomic mass is 16.5. The Morgan fingerprint density at radius 2 is 1.25 bits per heavy atom. The van der Waals surface area contributed by atoms with Gasteiger partial charge in [-0.3, -0.25) is 9.59 Å². The van der Waals surface area contributed by atoms with E-state index >= 15 is 0 Å². The number of benzene rings is 1. The van der Waals surface area contributed by atoms with Crippen molar-refractivity contribution in [3.05, 3.63) is 35.4 Å². The van der Waals surface area contributed by atoms with Crippen LogP contribution in [0.25, 0.3) is 0 Å². The maximum absolute atomic E-state index is 12.5. The number of carbonyl (C=O) groups is 2. The first-order valence-corrected chi connectivity index (χ1v) is 8.25. The summed E-state index contributed by atoms with van der Waals surface area (Å²) in [6.45, 7) is 4.81. The molecule has 6 nitrogen and oxygen atoms in total. The van der Waals surface area contributed by atoms with Crippen LogP contribution in [-0.4, -0.2) is 51.3 Å². The predicted molar refractivity (Wildman–Crippen MR) is 93.3 cm³/mol. The van der Waals surface area contributed by atoms with Crippen LogP contribution in [0.3, 0.4) is 0 Å². The summed E-state index contributed by atoms with van der Waals surface area (Å²) in [5.41, 5.74) is 0.716. The largest absolute Gasteiger partial charge is 0.383 e. The third-order valence-electron chi connectivity index (χ3n) is 3.81. The molecule has 0 aliphatic heterocycles.